The summed E-state index contributed by atoms with van der Waals surface area (Å²) in [6.45, 7) is 8.55. The first kappa shape index (κ1) is 17.5. The van der Waals surface area contributed by atoms with Crippen molar-refractivity contribution in [2.75, 3.05) is 0 Å². The second-order valence-electron chi connectivity index (χ2n) is 6.83. The fourth-order valence-electron chi connectivity index (χ4n) is 2.34. The lowest BCUT2D eigenvalue weighted by Gasteiger charge is -2.20. The number of nitrogens with zero attached hydrogens (tertiary/aromatic N) is 1. The summed E-state index contributed by atoms with van der Waals surface area (Å²) in [6.07, 6.45) is 1.93. The highest BCUT2D eigenvalue weighted by atomic mass is 35.5. The van der Waals surface area contributed by atoms with Crippen molar-refractivity contribution < 1.29 is 4.79 Å². The third-order valence-corrected chi connectivity index (χ3v) is 4.03. The van der Waals surface area contributed by atoms with E-state index in [0.29, 0.717) is 11.6 Å². The number of hydrogen-bond acceptors (Lipinski definition) is 2. The molecule has 1 amide bonds. The van der Waals surface area contributed by atoms with Crippen molar-refractivity contribution in [3.8, 4) is 0 Å². The average molecular weight is 331 g/mol. The van der Waals surface area contributed by atoms with Gasteiger partial charge in [-0.15, -0.1) is 0 Å². The Balaban J connectivity index is 1.96. The zero-order valence-corrected chi connectivity index (χ0v) is 14.8. The van der Waals surface area contributed by atoms with Gasteiger partial charge in [0.05, 0.1) is 12.5 Å². The molecule has 1 heterocycles. The highest BCUT2D eigenvalue weighted by Gasteiger charge is 2.15. The molecule has 122 valence electrons. The molecule has 2 rings (SSSR count). The first-order valence-corrected chi connectivity index (χ1v) is 8.14. The smallest absolute Gasteiger partial charge is 0.224 e. The summed E-state index contributed by atoms with van der Waals surface area (Å²) < 4.78 is 0. The van der Waals surface area contributed by atoms with E-state index >= 15 is 0 Å². The van der Waals surface area contributed by atoms with Gasteiger partial charge >= 0.3 is 0 Å². The number of nitrogens with one attached hydrogen (secondary N) is 1. The van der Waals surface area contributed by atoms with Crippen LogP contribution >= 0.6 is 11.6 Å². The first-order chi connectivity index (χ1) is 10.8. The van der Waals surface area contributed by atoms with Crippen LogP contribution in [0, 0.1) is 0 Å². The van der Waals surface area contributed by atoms with Crippen molar-refractivity contribution in [2.24, 2.45) is 0 Å². The second kappa shape index (κ2) is 7.14. The Kier molecular flexibility index (Phi) is 5.42. The summed E-state index contributed by atoms with van der Waals surface area (Å²) in [5.41, 5.74) is 3.36. The van der Waals surface area contributed by atoms with Gasteiger partial charge in [0.25, 0.3) is 0 Å². The van der Waals surface area contributed by atoms with Crippen LogP contribution < -0.4 is 5.32 Å². The van der Waals surface area contributed by atoms with Gasteiger partial charge in [-0.05, 0) is 35.1 Å². The van der Waals surface area contributed by atoms with Crippen molar-refractivity contribution in [3.05, 3.63) is 64.4 Å². The van der Waals surface area contributed by atoms with Crippen molar-refractivity contribution in [1.82, 2.24) is 10.3 Å². The summed E-state index contributed by atoms with van der Waals surface area (Å²) in [6, 6.07) is 11.9. The Hall–Kier alpha value is -1.87. The molecule has 0 aliphatic rings. The number of carbonyl (C=O) groups is 1. The summed E-state index contributed by atoms with van der Waals surface area (Å²) in [4.78, 5) is 16.1. The van der Waals surface area contributed by atoms with Gasteiger partial charge in [0.2, 0.25) is 5.91 Å². The monoisotopic (exact) mass is 330 g/mol. The number of benzene rings is 1. The van der Waals surface area contributed by atoms with Gasteiger partial charge < -0.3 is 5.32 Å². The van der Waals surface area contributed by atoms with Crippen molar-refractivity contribution >= 4 is 17.5 Å². The highest BCUT2D eigenvalue weighted by Crippen LogP contribution is 2.23. The predicted molar refractivity (Wildman–Crippen MR) is 94.7 cm³/mol. The molecule has 1 unspecified atom stereocenters. The van der Waals surface area contributed by atoms with Gasteiger partial charge in [-0.3, -0.25) is 4.79 Å². The fraction of sp³-hybridized carbons (Fsp3) is 0.368. The molecule has 0 spiro atoms. The van der Waals surface area contributed by atoms with Gasteiger partial charge in [0.15, 0.2) is 0 Å². The lowest BCUT2D eigenvalue weighted by molar-refractivity contribution is -0.121. The van der Waals surface area contributed by atoms with Crippen LogP contribution in [0.15, 0.2) is 42.6 Å². The molecule has 0 bridgehead atoms. The lowest BCUT2D eigenvalue weighted by atomic mass is 9.86. The van der Waals surface area contributed by atoms with E-state index in [1.807, 2.05) is 13.0 Å². The molecule has 0 saturated carbocycles. The normalized spacial score (nSPS) is 12.7. The number of rotatable bonds is 4. The van der Waals surface area contributed by atoms with Gasteiger partial charge in [-0.2, -0.15) is 0 Å². The van der Waals surface area contributed by atoms with Crippen LogP contribution in [-0.4, -0.2) is 10.9 Å². The van der Waals surface area contributed by atoms with Crippen molar-refractivity contribution in [3.63, 3.8) is 0 Å². The van der Waals surface area contributed by atoms with Gasteiger partial charge in [-0.25, -0.2) is 4.98 Å². The molecule has 2 aromatic rings. The van der Waals surface area contributed by atoms with E-state index in [-0.39, 0.29) is 17.4 Å². The van der Waals surface area contributed by atoms with Crippen LogP contribution in [0.4, 0.5) is 0 Å². The predicted octanol–water partition coefficient (Wildman–Crippen LogP) is 4.45. The Morgan fingerprint density at radius 1 is 1.17 bits per heavy atom. The van der Waals surface area contributed by atoms with E-state index in [9.17, 15) is 4.79 Å². The molecule has 0 aliphatic carbocycles. The third kappa shape index (κ3) is 5.07. The minimum atomic E-state index is -0.0308. The molecule has 1 aromatic carbocycles. The Morgan fingerprint density at radius 3 is 2.35 bits per heavy atom. The SMILES string of the molecule is CC(NC(=O)Cc1ccc(Cl)nc1)c1ccc(C(C)(C)C)cc1. The Bertz CT molecular complexity index is 657. The number of carbonyl (C=O) groups excluding carboxylic acids is 1. The lowest BCUT2D eigenvalue weighted by Crippen LogP contribution is -2.28. The topological polar surface area (TPSA) is 42.0 Å². The zero-order chi connectivity index (χ0) is 17.0. The molecule has 4 heteroatoms. The second-order valence-corrected chi connectivity index (χ2v) is 7.21. The van der Waals surface area contributed by atoms with Crippen LogP contribution in [0.2, 0.25) is 5.15 Å². The third-order valence-electron chi connectivity index (χ3n) is 3.81. The van der Waals surface area contributed by atoms with Crippen LogP contribution in [0.3, 0.4) is 0 Å². The quantitative estimate of drug-likeness (QED) is 0.841. The molecular formula is C19H23ClN2O. The molecule has 0 radical (unpaired) electrons. The van der Waals surface area contributed by atoms with Gasteiger partial charge in [0.1, 0.15) is 5.15 Å². The molecule has 1 N–H and O–H groups in total. The fourth-order valence-corrected chi connectivity index (χ4v) is 2.46. The van der Waals surface area contributed by atoms with E-state index in [0.717, 1.165) is 11.1 Å². The zero-order valence-electron chi connectivity index (χ0n) is 14.1. The molecule has 1 aromatic heterocycles. The molecular weight excluding hydrogens is 308 g/mol. The van der Waals surface area contributed by atoms with Gasteiger partial charge in [0, 0.05) is 6.20 Å². The molecule has 0 aliphatic heterocycles. The maximum Gasteiger partial charge on any atom is 0.224 e. The van der Waals surface area contributed by atoms with Crippen LogP contribution in [0.25, 0.3) is 0 Å². The molecule has 0 saturated heterocycles. The number of pyridine rings is 1. The minimum Gasteiger partial charge on any atom is -0.349 e. The van der Waals surface area contributed by atoms with E-state index in [1.165, 1.54) is 5.56 Å². The molecule has 3 nitrogen and oxygen atoms in total. The maximum atomic E-state index is 12.1. The number of hydrogen-bond donors (Lipinski definition) is 1. The van der Waals surface area contributed by atoms with Crippen LogP contribution in [0.1, 0.15) is 50.4 Å². The summed E-state index contributed by atoms with van der Waals surface area (Å²) in [5.74, 6) is -0.0264. The van der Waals surface area contributed by atoms with E-state index in [4.69, 9.17) is 11.6 Å². The Labute approximate surface area is 143 Å². The number of aromatic nitrogens is 1. The Morgan fingerprint density at radius 2 is 1.83 bits per heavy atom. The van der Waals surface area contributed by atoms with E-state index in [1.54, 1.807) is 12.3 Å². The number of halogens is 1. The summed E-state index contributed by atoms with van der Waals surface area (Å²) in [7, 11) is 0. The average Bonchev–Trinajstić information content (AvgIpc) is 2.49. The van der Waals surface area contributed by atoms with E-state index in [2.05, 4.69) is 55.3 Å². The summed E-state index contributed by atoms with van der Waals surface area (Å²) >= 11 is 5.75. The first-order valence-electron chi connectivity index (χ1n) is 7.76. The van der Waals surface area contributed by atoms with Crippen LogP contribution in [0.5, 0.6) is 0 Å². The maximum absolute atomic E-state index is 12.1. The molecule has 0 fully saturated rings. The minimum absolute atomic E-state index is 0.0264. The van der Waals surface area contributed by atoms with E-state index < -0.39 is 0 Å². The van der Waals surface area contributed by atoms with Gasteiger partial charge in [-0.1, -0.05) is 62.7 Å². The molecule has 23 heavy (non-hydrogen) atoms. The summed E-state index contributed by atoms with van der Waals surface area (Å²) in [5, 5.41) is 3.45. The molecule has 1 atom stereocenters. The number of amides is 1. The standard InChI is InChI=1S/C19H23ClN2O/c1-13(15-6-8-16(9-7-15)19(2,3)4)22-18(23)11-14-5-10-17(20)21-12-14/h5-10,12-13H,11H2,1-4H3,(H,22,23). The van der Waals surface area contributed by atoms with Crippen LogP contribution in [-0.2, 0) is 16.6 Å². The highest BCUT2D eigenvalue weighted by molar-refractivity contribution is 6.29. The van der Waals surface area contributed by atoms with Crippen molar-refractivity contribution in [2.45, 2.75) is 45.6 Å². The largest absolute Gasteiger partial charge is 0.349 e. The van der Waals surface area contributed by atoms with Crippen molar-refractivity contribution in [1.29, 1.82) is 0 Å².